The van der Waals surface area contributed by atoms with Gasteiger partial charge in [0.05, 0.1) is 24.2 Å². The Morgan fingerprint density at radius 2 is 1.92 bits per heavy atom. The van der Waals surface area contributed by atoms with Gasteiger partial charge in [0.2, 0.25) is 0 Å². The van der Waals surface area contributed by atoms with Crippen LogP contribution in [0.3, 0.4) is 0 Å². The van der Waals surface area contributed by atoms with E-state index in [4.69, 9.17) is 0 Å². The summed E-state index contributed by atoms with van der Waals surface area (Å²) in [6.07, 6.45) is 5.38. The number of benzene rings is 1. The van der Waals surface area contributed by atoms with Gasteiger partial charge in [-0.05, 0) is 31.7 Å². The molecule has 1 fully saturated rings. The largest absolute Gasteiger partial charge is 0.388 e. The van der Waals surface area contributed by atoms with Crippen molar-refractivity contribution >= 4 is 11.7 Å². The summed E-state index contributed by atoms with van der Waals surface area (Å²) in [5.74, 6) is 1.34. The molecule has 1 heterocycles. The van der Waals surface area contributed by atoms with Crippen molar-refractivity contribution < 1.29 is 9.90 Å². The minimum absolute atomic E-state index is 0.174. The first-order chi connectivity index (χ1) is 11.6. The lowest BCUT2D eigenvalue weighted by atomic mass is 10.0. The van der Waals surface area contributed by atoms with Crippen molar-refractivity contribution in [1.29, 1.82) is 0 Å². The fourth-order valence-electron chi connectivity index (χ4n) is 2.55. The molecule has 6 heteroatoms. The van der Waals surface area contributed by atoms with Crippen LogP contribution in [0.4, 0.5) is 10.5 Å². The van der Waals surface area contributed by atoms with Gasteiger partial charge in [-0.25, -0.2) is 14.8 Å². The van der Waals surface area contributed by atoms with Crippen molar-refractivity contribution in [2.24, 2.45) is 0 Å². The first kappa shape index (κ1) is 16.4. The Kier molecular flexibility index (Phi) is 5.05. The minimum atomic E-state index is -0.609. The lowest BCUT2D eigenvalue weighted by Crippen LogP contribution is -2.37. The van der Waals surface area contributed by atoms with E-state index in [0.29, 0.717) is 18.0 Å². The van der Waals surface area contributed by atoms with E-state index in [0.717, 1.165) is 24.2 Å². The number of aliphatic hydroxyl groups is 1. The van der Waals surface area contributed by atoms with E-state index in [1.807, 2.05) is 37.3 Å². The molecule has 2 aromatic rings. The van der Waals surface area contributed by atoms with Crippen molar-refractivity contribution in [1.82, 2.24) is 15.3 Å². The number of hydrogen-bond acceptors (Lipinski definition) is 4. The first-order valence-corrected chi connectivity index (χ1v) is 8.24. The van der Waals surface area contributed by atoms with Crippen LogP contribution in [0.2, 0.25) is 0 Å². The molecule has 3 rings (SSSR count). The summed E-state index contributed by atoms with van der Waals surface area (Å²) in [6, 6.07) is 8.91. The van der Waals surface area contributed by atoms with Crippen molar-refractivity contribution in [3.05, 3.63) is 54.1 Å². The van der Waals surface area contributed by atoms with Crippen LogP contribution in [-0.4, -0.2) is 27.1 Å². The van der Waals surface area contributed by atoms with Gasteiger partial charge in [-0.2, -0.15) is 0 Å². The lowest BCUT2D eigenvalue weighted by molar-refractivity contribution is 0.155. The highest BCUT2D eigenvalue weighted by Gasteiger charge is 2.26. The maximum absolute atomic E-state index is 12.0. The number of rotatable bonds is 6. The Labute approximate surface area is 141 Å². The Morgan fingerprint density at radius 1 is 1.25 bits per heavy atom. The van der Waals surface area contributed by atoms with E-state index in [1.165, 1.54) is 0 Å². The Hall–Kier alpha value is -2.47. The van der Waals surface area contributed by atoms with Gasteiger partial charge in [0.15, 0.2) is 0 Å². The van der Waals surface area contributed by atoms with Gasteiger partial charge in [-0.15, -0.1) is 0 Å². The first-order valence-electron chi connectivity index (χ1n) is 8.24. The number of amides is 2. The zero-order valence-electron chi connectivity index (χ0n) is 13.6. The van der Waals surface area contributed by atoms with Gasteiger partial charge in [0.25, 0.3) is 0 Å². The molecule has 6 nitrogen and oxygen atoms in total. The molecular formula is C18H22N4O2. The van der Waals surface area contributed by atoms with Crippen molar-refractivity contribution in [2.75, 3.05) is 5.32 Å². The third-order valence-corrected chi connectivity index (χ3v) is 4.01. The molecule has 0 bridgehead atoms. The van der Waals surface area contributed by atoms with E-state index >= 15 is 0 Å². The predicted octanol–water partition coefficient (Wildman–Crippen LogP) is 2.99. The summed E-state index contributed by atoms with van der Waals surface area (Å²) in [5.41, 5.74) is 1.41. The zero-order valence-corrected chi connectivity index (χ0v) is 13.6. The van der Waals surface area contributed by atoms with E-state index < -0.39 is 6.10 Å². The standard InChI is InChI=1S/C18H22N4O2/c1-12(9-16(23)13-5-3-2-4-6-13)21-18(24)22-15-10-19-17(20-11-15)14-7-8-14/h2-6,10-12,14,16,23H,7-9H2,1H3,(H2,21,22,24). The summed E-state index contributed by atoms with van der Waals surface area (Å²) >= 11 is 0. The van der Waals surface area contributed by atoms with Crippen LogP contribution in [0.5, 0.6) is 0 Å². The molecule has 24 heavy (non-hydrogen) atoms. The van der Waals surface area contributed by atoms with Crippen molar-refractivity contribution in [2.45, 2.75) is 44.2 Å². The van der Waals surface area contributed by atoms with Crippen LogP contribution in [-0.2, 0) is 0 Å². The van der Waals surface area contributed by atoms with Gasteiger partial charge < -0.3 is 15.7 Å². The van der Waals surface area contributed by atoms with Crippen LogP contribution in [0.1, 0.15) is 49.6 Å². The van der Waals surface area contributed by atoms with E-state index in [9.17, 15) is 9.90 Å². The molecule has 2 atom stereocenters. The minimum Gasteiger partial charge on any atom is -0.388 e. The van der Waals surface area contributed by atoms with Gasteiger partial charge in [-0.3, -0.25) is 0 Å². The number of anilines is 1. The number of carbonyl (C=O) groups is 1. The molecule has 0 saturated heterocycles. The predicted molar refractivity (Wildman–Crippen MR) is 91.6 cm³/mol. The monoisotopic (exact) mass is 326 g/mol. The summed E-state index contributed by atoms with van der Waals surface area (Å²) in [4.78, 5) is 20.5. The third-order valence-electron chi connectivity index (χ3n) is 4.01. The number of nitrogens with zero attached hydrogens (tertiary/aromatic N) is 2. The molecule has 126 valence electrons. The molecule has 1 aliphatic rings. The SMILES string of the molecule is CC(CC(O)c1ccccc1)NC(=O)Nc1cnc(C2CC2)nc1. The van der Waals surface area contributed by atoms with Crippen LogP contribution < -0.4 is 10.6 Å². The van der Waals surface area contributed by atoms with Crippen LogP contribution >= 0.6 is 0 Å². The Morgan fingerprint density at radius 3 is 2.54 bits per heavy atom. The Bertz CT molecular complexity index is 671. The molecule has 1 aliphatic carbocycles. The second kappa shape index (κ2) is 7.40. The van der Waals surface area contributed by atoms with Crippen molar-refractivity contribution in [3.8, 4) is 0 Å². The number of aliphatic hydroxyl groups excluding tert-OH is 1. The van der Waals surface area contributed by atoms with E-state index in [1.54, 1.807) is 12.4 Å². The maximum Gasteiger partial charge on any atom is 0.319 e. The lowest BCUT2D eigenvalue weighted by Gasteiger charge is -2.18. The number of urea groups is 1. The summed E-state index contributed by atoms with van der Waals surface area (Å²) in [7, 11) is 0. The highest BCUT2D eigenvalue weighted by molar-refractivity contribution is 5.89. The normalized spacial score (nSPS) is 16.2. The van der Waals surface area contributed by atoms with Crippen LogP contribution in [0.25, 0.3) is 0 Å². The number of aromatic nitrogens is 2. The molecule has 1 aromatic heterocycles. The number of hydrogen-bond donors (Lipinski definition) is 3. The number of carbonyl (C=O) groups excluding carboxylic acids is 1. The fraction of sp³-hybridized carbons (Fsp3) is 0.389. The van der Waals surface area contributed by atoms with E-state index in [2.05, 4.69) is 20.6 Å². The fourth-order valence-corrected chi connectivity index (χ4v) is 2.55. The molecule has 0 radical (unpaired) electrons. The molecule has 0 spiro atoms. The maximum atomic E-state index is 12.0. The van der Waals surface area contributed by atoms with Gasteiger partial charge in [0.1, 0.15) is 5.82 Å². The molecule has 1 saturated carbocycles. The summed E-state index contributed by atoms with van der Waals surface area (Å²) in [6.45, 7) is 1.86. The summed E-state index contributed by atoms with van der Waals surface area (Å²) < 4.78 is 0. The molecule has 3 N–H and O–H groups in total. The molecule has 0 aliphatic heterocycles. The van der Waals surface area contributed by atoms with Gasteiger partial charge >= 0.3 is 6.03 Å². The van der Waals surface area contributed by atoms with Gasteiger partial charge in [-0.1, -0.05) is 30.3 Å². The second-order valence-corrected chi connectivity index (χ2v) is 6.27. The number of nitrogens with one attached hydrogen (secondary N) is 2. The quantitative estimate of drug-likeness (QED) is 0.761. The van der Waals surface area contributed by atoms with Gasteiger partial charge in [0, 0.05) is 12.0 Å². The average molecular weight is 326 g/mol. The topological polar surface area (TPSA) is 87.1 Å². The highest BCUT2D eigenvalue weighted by Crippen LogP contribution is 2.37. The van der Waals surface area contributed by atoms with Crippen LogP contribution in [0.15, 0.2) is 42.7 Å². The zero-order chi connectivity index (χ0) is 16.9. The summed E-state index contributed by atoms with van der Waals surface area (Å²) in [5, 5.41) is 15.7. The average Bonchev–Trinajstić information content (AvgIpc) is 3.41. The molecule has 1 aromatic carbocycles. The molecule has 2 amide bonds. The molecule has 2 unspecified atom stereocenters. The van der Waals surface area contributed by atoms with Crippen LogP contribution in [0, 0.1) is 0 Å². The highest BCUT2D eigenvalue weighted by atomic mass is 16.3. The molecular weight excluding hydrogens is 304 g/mol. The third kappa shape index (κ3) is 4.52. The van der Waals surface area contributed by atoms with E-state index in [-0.39, 0.29) is 12.1 Å². The second-order valence-electron chi connectivity index (χ2n) is 6.27. The Balaban J connectivity index is 1.47. The van der Waals surface area contributed by atoms with Crippen molar-refractivity contribution in [3.63, 3.8) is 0 Å². The smallest absolute Gasteiger partial charge is 0.319 e.